The number of hydrogen-bond acceptors (Lipinski definition) is 3. The highest BCUT2D eigenvalue weighted by Gasteiger charge is 2.24. The number of imidazole rings is 1. The van der Waals surface area contributed by atoms with E-state index in [-0.39, 0.29) is 5.78 Å². The number of aromatic nitrogens is 2. The van der Waals surface area contributed by atoms with Crippen molar-refractivity contribution in [1.29, 1.82) is 0 Å². The lowest BCUT2D eigenvalue weighted by Gasteiger charge is -2.18. The Kier molecular flexibility index (Phi) is 4.14. The van der Waals surface area contributed by atoms with Gasteiger partial charge in [-0.05, 0) is 12.1 Å². The predicted molar refractivity (Wildman–Crippen MR) is 96.2 cm³/mol. The van der Waals surface area contributed by atoms with Gasteiger partial charge in [0.15, 0.2) is 5.78 Å². The highest BCUT2D eigenvalue weighted by atomic mass is 16.5. The number of benzene rings is 2. The highest BCUT2D eigenvalue weighted by molar-refractivity contribution is 5.88. The van der Waals surface area contributed by atoms with Crippen LogP contribution in [0.1, 0.15) is 20.8 Å². The normalized spacial score (nSPS) is 11.7. The van der Waals surface area contributed by atoms with E-state index in [2.05, 4.69) is 0 Å². The van der Waals surface area contributed by atoms with Gasteiger partial charge in [-0.15, -0.1) is 0 Å². The molecule has 0 amide bonds. The summed E-state index contributed by atoms with van der Waals surface area (Å²) in [5, 5.41) is 0. The highest BCUT2D eigenvalue weighted by Crippen LogP contribution is 2.28. The number of Topliss-reactive ketones (excluding diaryl/α,β-unsaturated/α-hetero) is 1. The summed E-state index contributed by atoms with van der Waals surface area (Å²) in [7, 11) is 1.64. The van der Waals surface area contributed by atoms with Gasteiger partial charge in [0.2, 0.25) is 0 Å². The van der Waals surface area contributed by atoms with Gasteiger partial charge in [0.1, 0.15) is 11.6 Å². The van der Waals surface area contributed by atoms with E-state index >= 15 is 0 Å². The summed E-state index contributed by atoms with van der Waals surface area (Å²) in [5.41, 5.74) is 2.37. The molecule has 0 unspecified atom stereocenters. The fourth-order valence-corrected chi connectivity index (χ4v) is 2.59. The van der Waals surface area contributed by atoms with E-state index in [0.717, 1.165) is 28.2 Å². The Bertz CT molecular complexity index is 874. The maximum Gasteiger partial charge on any atom is 0.157 e. The van der Waals surface area contributed by atoms with Crippen molar-refractivity contribution in [1.82, 2.24) is 9.55 Å². The molecule has 4 heteroatoms. The lowest BCUT2D eigenvalue weighted by molar-refractivity contribution is -0.126. The second-order valence-electron chi connectivity index (χ2n) is 6.92. The Balaban J connectivity index is 2.18. The Labute approximate surface area is 142 Å². The SMILES string of the molecule is COc1ccc2c(c1)nc(-c1ccccc1)n2CC(=O)C(C)(C)C. The van der Waals surface area contributed by atoms with Gasteiger partial charge in [0.05, 0.1) is 24.7 Å². The Morgan fingerprint density at radius 2 is 1.83 bits per heavy atom. The summed E-state index contributed by atoms with van der Waals surface area (Å²) in [6, 6.07) is 15.7. The van der Waals surface area contributed by atoms with Crippen molar-refractivity contribution in [3.05, 3.63) is 48.5 Å². The van der Waals surface area contributed by atoms with Crippen LogP contribution in [0.25, 0.3) is 22.4 Å². The average molecular weight is 322 g/mol. The van der Waals surface area contributed by atoms with Gasteiger partial charge in [0, 0.05) is 17.0 Å². The zero-order chi connectivity index (χ0) is 17.3. The summed E-state index contributed by atoms with van der Waals surface area (Å²) >= 11 is 0. The van der Waals surface area contributed by atoms with Crippen LogP contribution in [-0.2, 0) is 11.3 Å². The van der Waals surface area contributed by atoms with Crippen molar-refractivity contribution in [2.45, 2.75) is 27.3 Å². The molecule has 3 rings (SSSR count). The molecule has 0 aliphatic heterocycles. The molecule has 4 nitrogen and oxygen atoms in total. The Hall–Kier alpha value is -2.62. The summed E-state index contributed by atoms with van der Waals surface area (Å²) in [4.78, 5) is 17.4. The van der Waals surface area contributed by atoms with E-state index in [1.165, 1.54) is 0 Å². The predicted octanol–water partition coefficient (Wildman–Crippen LogP) is 4.33. The Morgan fingerprint density at radius 3 is 2.46 bits per heavy atom. The molecule has 0 N–H and O–H groups in total. The summed E-state index contributed by atoms with van der Waals surface area (Å²) in [6.07, 6.45) is 0. The molecule has 0 bridgehead atoms. The second-order valence-corrected chi connectivity index (χ2v) is 6.92. The topological polar surface area (TPSA) is 44.1 Å². The number of rotatable bonds is 4. The third-order valence-electron chi connectivity index (χ3n) is 4.13. The number of fused-ring (bicyclic) bond motifs is 1. The van der Waals surface area contributed by atoms with Crippen LogP contribution < -0.4 is 4.74 Å². The van der Waals surface area contributed by atoms with Crippen LogP contribution in [0.3, 0.4) is 0 Å². The molecule has 1 heterocycles. The molecular weight excluding hydrogens is 300 g/mol. The van der Waals surface area contributed by atoms with E-state index in [0.29, 0.717) is 6.54 Å². The third-order valence-corrected chi connectivity index (χ3v) is 4.13. The van der Waals surface area contributed by atoms with E-state index in [1.807, 2.05) is 73.9 Å². The molecular formula is C20H22N2O2. The van der Waals surface area contributed by atoms with Crippen molar-refractivity contribution in [3.8, 4) is 17.1 Å². The first-order chi connectivity index (χ1) is 11.4. The number of nitrogens with zero attached hydrogens (tertiary/aromatic N) is 2. The fourth-order valence-electron chi connectivity index (χ4n) is 2.59. The fraction of sp³-hybridized carbons (Fsp3) is 0.300. The molecule has 124 valence electrons. The van der Waals surface area contributed by atoms with Gasteiger partial charge in [-0.2, -0.15) is 0 Å². The van der Waals surface area contributed by atoms with Crippen LogP contribution in [0.5, 0.6) is 5.75 Å². The minimum atomic E-state index is -0.392. The van der Waals surface area contributed by atoms with Crippen LogP contribution in [0.2, 0.25) is 0 Å². The van der Waals surface area contributed by atoms with Crippen molar-refractivity contribution in [2.24, 2.45) is 5.41 Å². The maximum atomic E-state index is 12.6. The molecule has 0 aliphatic rings. The first kappa shape index (κ1) is 16.2. The van der Waals surface area contributed by atoms with Crippen molar-refractivity contribution in [3.63, 3.8) is 0 Å². The maximum absolute atomic E-state index is 12.6. The Morgan fingerprint density at radius 1 is 1.12 bits per heavy atom. The molecule has 2 aromatic carbocycles. The molecule has 0 aliphatic carbocycles. The molecule has 3 aromatic rings. The second kappa shape index (κ2) is 6.11. The third kappa shape index (κ3) is 3.04. The first-order valence-electron chi connectivity index (χ1n) is 8.03. The largest absolute Gasteiger partial charge is 0.497 e. The lowest BCUT2D eigenvalue weighted by Crippen LogP contribution is -2.25. The van der Waals surface area contributed by atoms with E-state index in [1.54, 1.807) is 7.11 Å². The molecule has 0 atom stereocenters. The van der Waals surface area contributed by atoms with Crippen LogP contribution in [0.4, 0.5) is 0 Å². The number of ether oxygens (including phenoxy) is 1. The van der Waals surface area contributed by atoms with E-state index in [4.69, 9.17) is 9.72 Å². The van der Waals surface area contributed by atoms with E-state index < -0.39 is 5.41 Å². The smallest absolute Gasteiger partial charge is 0.157 e. The van der Waals surface area contributed by atoms with Crippen LogP contribution >= 0.6 is 0 Å². The number of hydrogen-bond donors (Lipinski definition) is 0. The van der Waals surface area contributed by atoms with Gasteiger partial charge in [-0.1, -0.05) is 51.1 Å². The standard InChI is InChI=1S/C20H22N2O2/c1-20(2,3)18(23)13-22-17-11-10-15(24-4)12-16(17)21-19(22)14-8-6-5-7-9-14/h5-12H,13H2,1-4H3. The number of carbonyl (C=O) groups excluding carboxylic acids is 1. The zero-order valence-corrected chi connectivity index (χ0v) is 14.5. The van der Waals surface area contributed by atoms with Gasteiger partial charge >= 0.3 is 0 Å². The van der Waals surface area contributed by atoms with Gasteiger partial charge in [-0.25, -0.2) is 4.98 Å². The van der Waals surface area contributed by atoms with Crippen LogP contribution in [0, 0.1) is 5.41 Å². The van der Waals surface area contributed by atoms with Crippen LogP contribution in [0.15, 0.2) is 48.5 Å². The van der Waals surface area contributed by atoms with Crippen LogP contribution in [-0.4, -0.2) is 22.4 Å². The summed E-state index contributed by atoms with van der Waals surface area (Å²) in [6.45, 7) is 6.13. The molecule has 1 aromatic heterocycles. The number of ketones is 1. The lowest BCUT2D eigenvalue weighted by atomic mass is 9.91. The number of carbonyl (C=O) groups is 1. The minimum Gasteiger partial charge on any atom is -0.497 e. The molecule has 0 radical (unpaired) electrons. The van der Waals surface area contributed by atoms with Gasteiger partial charge in [-0.3, -0.25) is 4.79 Å². The zero-order valence-electron chi connectivity index (χ0n) is 14.5. The average Bonchev–Trinajstić information content (AvgIpc) is 2.92. The number of methoxy groups -OCH3 is 1. The quantitative estimate of drug-likeness (QED) is 0.718. The van der Waals surface area contributed by atoms with Gasteiger partial charge in [0.25, 0.3) is 0 Å². The van der Waals surface area contributed by atoms with E-state index in [9.17, 15) is 4.79 Å². The van der Waals surface area contributed by atoms with Crippen molar-refractivity contribution >= 4 is 16.8 Å². The van der Waals surface area contributed by atoms with Crippen molar-refractivity contribution < 1.29 is 9.53 Å². The molecule has 0 spiro atoms. The summed E-state index contributed by atoms with van der Waals surface area (Å²) < 4.78 is 7.29. The molecule has 0 fully saturated rings. The minimum absolute atomic E-state index is 0.176. The summed E-state index contributed by atoms with van der Waals surface area (Å²) in [5.74, 6) is 1.74. The molecule has 0 saturated carbocycles. The first-order valence-corrected chi connectivity index (χ1v) is 8.03. The molecule has 0 saturated heterocycles. The molecule has 24 heavy (non-hydrogen) atoms. The monoisotopic (exact) mass is 322 g/mol. The van der Waals surface area contributed by atoms with Gasteiger partial charge < -0.3 is 9.30 Å². The van der Waals surface area contributed by atoms with Crippen molar-refractivity contribution in [2.75, 3.05) is 7.11 Å².